The third-order valence-corrected chi connectivity index (χ3v) is 5.88. The molecule has 1 heterocycles. The summed E-state index contributed by atoms with van der Waals surface area (Å²) in [5, 5.41) is 8.86. The second-order valence-corrected chi connectivity index (χ2v) is 9.02. The predicted octanol–water partition coefficient (Wildman–Crippen LogP) is 4.48. The van der Waals surface area contributed by atoms with Crippen LogP contribution in [0.15, 0.2) is 65.6 Å². The zero-order valence-electron chi connectivity index (χ0n) is 16.5. The largest absolute Gasteiger partial charge is 0.506 e. The maximum Gasteiger partial charge on any atom is 0.506 e. The van der Waals surface area contributed by atoms with Gasteiger partial charge in [-0.3, -0.25) is 0 Å². The van der Waals surface area contributed by atoms with Crippen LogP contribution in [0.2, 0.25) is 0 Å². The lowest BCUT2D eigenvalue weighted by molar-refractivity contribution is 0.0592. The van der Waals surface area contributed by atoms with E-state index < -0.39 is 22.1 Å². The molecule has 0 aliphatic rings. The van der Waals surface area contributed by atoms with Crippen molar-refractivity contribution in [1.82, 2.24) is 4.57 Å². The van der Waals surface area contributed by atoms with Crippen LogP contribution in [0.25, 0.3) is 16.9 Å². The first kappa shape index (κ1) is 20.7. The number of carboxylic acid groups (broad SMARTS) is 1. The Kier molecular flexibility index (Phi) is 5.79. The number of sulfone groups is 1. The number of carbonyl (C=O) groups is 1. The van der Waals surface area contributed by atoms with Crippen molar-refractivity contribution in [3.63, 3.8) is 0 Å². The van der Waals surface area contributed by atoms with Crippen molar-refractivity contribution >= 4 is 16.0 Å². The van der Waals surface area contributed by atoms with Crippen molar-refractivity contribution in [1.29, 1.82) is 0 Å². The number of benzene rings is 2. The van der Waals surface area contributed by atoms with Gasteiger partial charge in [-0.25, -0.2) is 13.2 Å². The molecule has 1 aromatic heterocycles. The fraction of sp³-hybridized carbons (Fsp3) is 0.227. The fourth-order valence-corrected chi connectivity index (χ4v) is 4.01. The highest BCUT2D eigenvalue weighted by atomic mass is 32.2. The summed E-state index contributed by atoms with van der Waals surface area (Å²) in [5.41, 5.74) is 4.66. The molecule has 1 atom stereocenters. The Hall–Kier alpha value is -3.06. The standard InChI is InChI=1S/C22H23NO5S/c1-15(28-22(24)25)13-18-14-21(17-9-11-20(12-10-17)29(3,26)27)23(16(18)2)19-7-5-4-6-8-19/h4-12,14-15H,13H2,1-3H3,(H,24,25). The van der Waals surface area contributed by atoms with E-state index in [1.807, 2.05) is 43.3 Å². The quantitative estimate of drug-likeness (QED) is 0.602. The molecule has 1 unspecified atom stereocenters. The molecule has 29 heavy (non-hydrogen) atoms. The van der Waals surface area contributed by atoms with Gasteiger partial charge in [0.1, 0.15) is 6.10 Å². The van der Waals surface area contributed by atoms with E-state index in [4.69, 9.17) is 9.84 Å². The average molecular weight is 413 g/mol. The van der Waals surface area contributed by atoms with Crippen LogP contribution in [0.3, 0.4) is 0 Å². The molecule has 6 nitrogen and oxygen atoms in total. The number of hydrogen-bond donors (Lipinski definition) is 1. The lowest BCUT2D eigenvalue weighted by Gasteiger charge is -2.13. The van der Waals surface area contributed by atoms with E-state index in [1.54, 1.807) is 31.2 Å². The van der Waals surface area contributed by atoms with Crippen molar-refractivity contribution in [2.45, 2.75) is 31.3 Å². The van der Waals surface area contributed by atoms with Crippen LogP contribution in [-0.4, -0.2) is 36.6 Å². The minimum absolute atomic E-state index is 0.263. The summed E-state index contributed by atoms with van der Waals surface area (Å²) in [6, 6.07) is 18.6. The molecular formula is C22H23NO5S. The van der Waals surface area contributed by atoms with Crippen LogP contribution in [0.4, 0.5) is 4.79 Å². The Morgan fingerprint density at radius 3 is 2.28 bits per heavy atom. The first-order valence-electron chi connectivity index (χ1n) is 9.13. The zero-order valence-corrected chi connectivity index (χ0v) is 17.3. The number of hydrogen-bond acceptors (Lipinski definition) is 4. The molecule has 1 N–H and O–H groups in total. The van der Waals surface area contributed by atoms with Gasteiger partial charge in [0.05, 0.1) is 10.6 Å². The first-order valence-corrected chi connectivity index (χ1v) is 11.0. The molecule has 0 aliphatic heterocycles. The lowest BCUT2D eigenvalue weighted by Crippen LogP contribution is -2.15. The minimum atomic E-state index is -3.27. The third kappa shape index (κ3) is 4.68. The summed E-state index contributed by atoms with van der Waals surface area (Å²) in [6.45, 7) is 3.69. The van der Waals surface area contributed by atoms with Crippen molar-refractivity contribution in [2.75, 3.05) is 6.26 Å². The van der Waals surface area contributed by atoms with Gasteiger partial charge in [-0.1, -0.05) is 30.3 Å². The van der Waals surface area contributed by atoms with Crippen LogP contribution in [0.1, 0.15) is 18.2 Å². The maximum atomic E-state index is 11.8. The van der Waals surface area contributed by atoms with E-state index in [1.165, 1.54) is 6.26 Å². The summed E-state index contributed by atoms with van der Waals surface area (Å²) in [6.07, 6.45) is -0.166. The minimum Gasteiger partial charge on any atom is -0.450 e. The highest BCUT2D eigenvalue weighted by Crippen LogP contribution is 2.31. The second-order valence-electron chi connectivity index (χ2n) is 7.01. The van der Waals surface area contributed by atoms with E-state index in [0.717, 1.165) is 28.2 Å². The van der Waals surface area contributed by atoms with Gasteiger partial charge in [0.2, 0.25) is 0 Å². The van der Waals surface area contributed by atoms with Crippen LogP contribution in [0.5, 0.6) is 0 Å². The van der Waals surface area contributed by atoms with Crippen molar-refractivity contribution in [3.8, 4) is 16.9 Å². The van der Waals surface area contributed by atoms with Gasteiger partial charge in [-0.15, -0.1) is 0 Å². The molecule has 0 amide bonds. The van der Waals surface area contributed by atoms with E-state index in [0.29, 0.717) is 6.42 Å². The fourth-order valence-electron chi connectivity index (χ4n) is 3.38. The SMILES string of the molecule is Cc1c(CC(C)OC(=O)O)cc(-c2ccc(S(C)(=O)=O)cc2)n1-c1ccccc1. The highest BCUT2D eigenvalue weighted by Gasteiger charge is 2.18. The van der Waals surface area contributed by atoms with E-state index in [9.17, 15) is 13.2 Å². The molecule has 7 heteroatoms. The first-order chi connectivity index (χ1) is 13.7. The lowest BCUT2D eigenvalue weighted by atomic mass is 10.1. The summed E-state index contributed by atoms with van der Waals surface area (Å²) in [7, 11) is -3.27. The second kappa shape index (κ2) is 8.13. The topological polar surface area (TPSA) is 85.6 Å². The highest BCUT2D eigenvalue weighted by molar-refractivity contribution is 7.90. The number of ether oxygens (including phenoxy) is 1. The van der Waals surface area contributed by atoms with Gasteiger partial charge < -0.3 is 14.4 Å². The molecule has 0 aliphatic carbocycles. The zero-order chi connectivity index (χ0) is 21.2. The molecule has 3 aromatic rings. The number of nitrogens with zero attached hydrogens (tertiary/aromatic N) is 1. The molecule has 3 rings (SSSR count). The van der Waals surface area contributed by atoms with Gasteiger partial charge >= 0.3 is 6.16 Å². The van der Waals surface area contributed by atoms with E-state index in [2.05, 4.69) is 4.57 Å². The van der Waals surface area contributed by atoms with Gasteiger partial charge in [-0.05, 0) is 55.3 Å². The molecule has 0 radical (unpaired) electrons. The summed E-state index contributed by atoms with van der Waals surface area (Å²) >= 11 is 0. The molecule has 0 spiro atoms. The number of aromatic nitrogens is 1. The van der Waals surface area contributed by atoms with Gasteiger partial charge in [0.15, 0.2) is 9.84 Å². The molecule has 0 bridgehead atoms. The predicted molar refractivity (Wildman–Crippen MR) is 111 cm³/mol. The van der Waals surface area contributed by atoms with E-state index in [-0.39, 0.29) is 4.90 Å². The van der Waals surface area contributed by atoms with Crippen LogP contribution in [-0.2, 0) is 21.0 Å². The van der Waals surface area contributed by atoms with Crippen molar-refractivity contribution in [2.24, 2.45) is 0 Å². The van der Waals surface area contributed by atoms with E-state index >= 15 is 0 Å². The summed E-state index contributed by atoms with van der Waals surface area (Å²) in [4.78, 5) is 11.1. The van der Waals surface area contributed by atoms with Crippen LogP contribution >= 0.6 is 0 Å². The normalized spacial score (nSPS) is 12.5. The Balaban J connectivity index is 2.10. The number of para-hydroxylation sites is 1. The Bertz CT molecular complexity index is 1120. The smallest absolute Gasteiger partial charge is 0.450 e. The van der Waals surface area contributed by atoms with Gasteiger partial charge in [0, 0.05) is 24.1 Å². The van der Waals surface area contributed by atoms with Crippen molar-refractivity contribution < 1.29 is 23.1 Å². The van der Waals surface area contributed by atoms with Crippen LogP contribution in [0, 0.1) is 6.92 Å². The molecule has 152 valence electrons. The van der Waals surface area contributed by atoms with Crippen LogP contribution < -0.4 is 0 Å². The molecular weight excluding hydrogens is 390 g/mol. The van der Waals surface area contributed by atoms with Crippen molar-refractivity contribution in [3.05, 3.63) is 71.9 Å². The monoisotopic (exact) mass is 413 g/mol. The molecule has 0 fully saturated rings. The molecule has 2 aromatic carbocycles. The third-order valence-electron chi connectivity index (χ3n) is 4.75. The Morgan fingerprint density at radius 2 is 1.72 bits per heavy atom. The Labute approximate surface area is 170 Å². The average Bonchev–Trinajstić information content (AvgIpc) is 2.97. The summed E-state index contributed by atoms with van der Waals surface area (Å²) < 4.78 is 30.5. The maximum absolute atomic E-state index is 11.8. The summed E-state index contributed by atoms with van der Waals surface area (Å²) in [5.74, 6) is 0. The number of rotatable bonds is 6. The molecule has 0 saturated heterocycles. The van der Waals surface area contributed by atoms with Gasteiger partial charge in [0.25, 0.3) is 0 Å². The molecule has 0 saturated carbocycles. The Morgan fingerprint density at radius 1 is 1.10 bits per heavy atom. The van der Waals surface area contributed by atoms with Gasteiger partial charge in [-0.2, -0.15) is 0 Å².